The summed E-state index contributed by atoms with van der Waals surface area (Å²) in [6, 6.07) is 6.74. The number of piperidine rings is 1. The van der Waals surface area contributed by atoms with Crippen molar-refractivity contribution in [1.29, 1.82) is 0 Å². The molecule has 25 heavy (non-hydrogen) atoms. The molecule has 2 heterocycles. The molecule has 1 aliphatic rings. The first-order valence-corrected chi connectivity index (χ1v) is 8.77. The van der Waals surface area contributed by atoms with Crippen molar-refractivity contribution in [2.75, 3.05) is 13.1 Å². The second-order valence-corrected chi connectivity index (χ2v) is 6.68. The van der Waals surface area contributed by atoms with Crippen LogP contribution in [0.2, 0.25) is 5.02 Å². The van der Waals surface area contributed by atoms with Crippen LogP contribution in [-0.4, -0.2) is 39.9 Å². The zero-order chi connectivity index (χ0) is 17.8. The van der Waals surface area contributed by atoms with Crippen molar-refractivity contribution in [3.8, 4) is 0 Å². The average molecular weight is 362 g/mol. The molecule has 0 spiro atoms. The number of amides is 1. The van der Waals surface area contributed by atoms with Gasteiger partial charge in [-0.05, 0) is 37.1 Å². The van der Waals surface area contributed by atoms with Gasteiger partial charge >= 0.3 is 0 Å². The van der Waals surface area contributed by atoms with Crippen molar-refractivity contribution >= 4 is 23.3 Å². The van der Waals surface area contributed by atoms with Gasteiger partial charge in [-0.2, -0.15) is 0 Å². The van der Waals surface area contributed by atoms with Gasteiger partial charge in [-0.1, -0.05) is 11.6 Å². The van der Waals surface area contributed by atoms with E-state index in [2.05, 4.69) is 10.2 Å². The maximum Gasteiger partial charge on any atom is 0.223 e. The smallest absolute Gasteiger partial charge is 0.223 e. The first-order valence-electron chi connectivity index (χ1n) is 8.39. The van der Waals surface area contributed by atoms with E-state index in [0.29, 0.717) is 35.5 Å². The highest BCUT2D eigenvalue weighted by molar-refractivity contribution is 6.30. The Balaban J connectivity index is 1.46. The van der Waals surface area contributed by atoms with Crippen LogP contribution in [0.25, 0.3) is 0 Å². The van der Waals surface area contributed by atoms with Crippen molar-refractivity contribution in [3.05, 3.63) is 46.6 Å². The van der Waals surface area contributed by atoms with Gasteiger partial charge in [-0.25, -0.2) is 0 Å². The second kappa shape index (κ2) is 7.78. The monoisotopic (exact) mass is 361 g/mol. The summed E-state index contributed by atoms with van der Waals surface area (Å²) in [7, 11) is 0. The Morgan fingerprint density at radius 1 is 1.16 bits per heavy atom. The van der Waals surface area contributed by atoms with E-state index in [1.165, 1.54) is 0 Å². The van der Waals surface area contributed by atoms with Crippen molar-refractivity contribution in [1.82, 2.24) is 15.1 Å². The number of rotatable bonds is 5. The third kappa shape index (κ3) is 4.45. The lowest BCUT2D eigenvalue weighted by atomic mass is 9.96. The molecule has 0 aliphatic carbocycles. The molecule has 0 radical (unpaired) electrons. The number of aromatic nitrogens is 2. The number of carbonyl (C=O) groups excluding carboxylic acids is 2. The average Bonchev–Trinajstić information content (AvgIpc) is 3.06. The Bertz CT molecular complexity index is 749. The summed E-state index contributed by atoms with van der Waals surface area (Å²) in [6.07, 6.45) is 2.05. The van der Waals surface area contributed by atoms with Crippen molar-refractivity contribution in [2.45, 2.75) is 38.5 Å². The number of hydrogen-bond donors (Lipinski definition) is 0. The highest BCUT2D eigenvalue weighted by Gasteiger charge is 2.27. The fourth-order valence-corrected chi connectivity index (χ4v) is 3.14. The minimum absolute atomic E-state index is 0.0162. The molecule has 7 heteroatoms. The predicted molar refractivity (Wildman–Crippen MR) is 92.6 cm³/mol. The van der Waals surface area contributed by atoms with Gasteiger partial charge < -0.3 is 9.32 Å². The number of likely N-dealkylation sites (tertiary alicyclic amines) is 1. The molecule has 0 N–H and O–H groups in total. The second-order valence-electron chi connectivity index (χ2n) is 6.24. The lowest BCUT2D eigenvalue weighted by Gasteiger charge is -2.30. The lowest BCUT2D eigenvalue weighted by Crippen LogP contribution is -2.38. The largest absolute Gasteiger partial charge is 0.425 e. The fraction of sp³-hybridized carbons (Fsp3) is 0.444. The molecule has 0 unspecified atom stereocenters. The van der Waals surface area contributed by atoms with Crippen LogP contribution in [0.15, 0.2) is 28.7 Å². The zero-order valence-electron chi connectivity index (χ0n) is 14.1. The summed E-state index contributed by atoms with van der Waals surface area (Å²) in [6.45, 7) is 3.08. The van der Waals surface area contributed by atoms with Gasteiger partial charge in [0.1, 0.15) is 0 Å². The van der Waals surface area contributed by atoms with Gasteiger partial charge in [0, 0.05) is 49.4 Å². The van der Waals surface area contributed by atoms with E-state index in [9.17, 15) is 9.59 Å². The SMILES string of the molecule is Cc1nnc(C2CCN(C(=O)CCC(=O)c3ccc(Cl)cc3)CC2)o1. The Hall–Kier alpha value is -2.21. The molecule has 6 nitrogen and oxygen atoms in total. The van der Waals surface area contributed by atoms with E-state index < -0.39 is 0 Å². The molecular formula is C18H20ClN3O3. The fourth-order valence-electron chi connectivity index (χ4n) is 3.01. The molecule has 1 aromatic heterocycles. The Labute approximate surface area is 151 Å². The molecule has 1 saturated heterocycles. The molecule has 2 aromatic rings. The van der Waals surface area contributed by atoms with Crippen molar-refractivity contribution in [3.63, 3.8) is 0 Å². The van der Waals surface area contributed by atoms with E-state index in [0.717, 1.165) is 12.8 Å². The van der Waals surface area contributed by atoms with E-state index in [1.54, 1.807) is 31.2 Å². The summed E-state index contributed by atoms with van der Waals surface area (Å²) in [5, 5.41) is 8.51. The van der Waals surface area contributed by atoms with Gasteiger partial charge in [-0.15, -0.1) is 10.2 Å². The van der Waals surface area contributed by atoms with Crippen LogP contribution < -0.4 is 0 Å². The number of carbonyl (C=O) groups is 2. The molecule has 1 fully saturated rings. The van der Waals surface area contributed by atoms with Crippen LogP contribution in [0.1, 0.15) is 53.7 Å². The first kappa shape index (κ1) is 17.6. The first-order chi connectivity index (χ1) is 12.0. The molecule has 0 bridgehead atoms. The normalized spacial score (nSPS) is 15.4. The third-order valence-corrected chi connectivity index (χ3v) is 4.72. The minimum atomic E-state index is -0.0405. The molecule has 1 aromatic carbocycles. The number of nitrogens with zero attached hydrogens (tertiary/aromatic N) is 3. The highest BCUT2D eigenvalue weighted by Crippen LogP contribution is 2.27. The Kier molecular flexibility index (Phi) is 5.48. The molecule has 3 rings (SSSR count). The molecule has 0 saturated carbocycles. The Morgan fingerprint density at radius 2 is 1.84 bits per heavy atom. The molecule has 0 atom stereocenters. The summed E-state index contributed by atoms with van der Waals surface area (Å²) >= 11 is 5.82. The van der Waals surface area contributed by atoms with Crippen LogP contribution in [0, 0.1) is 6.92 Å². The van der Waals surface area contributed by atoms with Crippen LogP contribution in [0.4, 0.5) is 0 Å². The number of ketones is 1. The number of aryl methyl sites for hydroxylation is 1. The van der Waals surface area contributed by atoms with Gasteiger partial charge in [0.15, 0.2) is 5.78 Å². The third-order valence-electron chi connectivity index (χ3n) is 4.47. The van der Waals surface area contributed by atoms with Gasteiger partial charge in [0.2, 0.25) is 17.7 Å². The summed E-state index contributed by atoms with van der Waals surface area (Å²) in [5.41, 5.74) is 0.586. The molecule has 132 valence electrons. The van der Waals surface area contributed by atoms with Gasteiger partial charge in [0.25, 0.3) is 0 Å². The van der Waals surface area contributed by atoms with E-state index in [4.69, 9.17) is 16.0 Å². The van der Waals surface area contributed by atoms with Crippen LogP contribution in [-0.2, 0) is 4.79 Å². The van der Waals surface area contributed by atoms with Crippen LogP contribution in [0.3, 0.4) is 0 Å². The van der Waals surface area contributed by atoms with Crippen molar-refractivity contribution < 1.29 is 14.0 Å². The predicted octanol–water partition coefficient (Wildman–Crippen LogP) is 3.40. The van der Waals surface area contributed by atoms with Gasteiger partial charge in [0.05, 0.1) is 0 Å². The topological polar surface area (TPSA) is 76.3 Å². The molecule has 1 amide bonds. The van der Waals surface area contributed by atoms with Crippen LogP contribution >= 0.6 is 11.6 Å². The number of hydrogen-bond acceptors (Lipinski definition) is 5. The zero-order valence-corrected chi connectivity index (χ0v) is 14.8. The maximum absolute atomic E-state index is 12.3. The summed E-state index contributed by atoms with van der Waals surface area (Å²) in [5.74, 6) is 1.40. The van der Waals surface area contributed by atoms with Crippen LogP contribution in [0.5, 0.6) is 0 Å². The van der Waals surface area contributed by atoms with E-state index >= 15 is 0 Å². The Morgan fingerprint density at radius 3 is 2.44 bits per heavy atom. The number of halogens is 1. The molecule has 1 aliphatic heterocycles. The lowest BCUT2D eigenvalue weighted by molar-refractivity contribution is -0.132. The summed E-state index contributed by atoms with van der Waals surface area (Å²) in [4.78, 5) is 26.3. The molecular weight excluding hydrogens is 342 g/mol. The minimum Gasteiger partial charge on any atom is -0.425 e. The van der Waals surface area contributed by atoms with E-state index in [-0.39, 0.29) is 30.4 Å². The van der Waals surface area contributed by atoms with E-state index in [1.807, 2.05) is 4.90 Å². The number of Topliss-reactive ketones (excluding diaryl/α,β-unsaturated/α-hetero) is 1. The quantitative estimate of drug-likeness (QED) is 0.763. The number of benzene rings is 1. The maximum atomic E-state index is 12.3. The highest BCUT2D eigenvalue weighted by atomic mass is 35.5. The summed E-state index contributed by atoms with van der Waals surface area (Å²) < 4.78 is 5.48. The van der Waals surface area contributed by atoms with Gasteiger partial charge in [-0.3, -0.25) is 9.59 Å². The standard InChI is InChI=1S/C18H20ClN3O3/c1-12-20-21-18(25-12)14-8-10-22(11-9-14)17(24)7-6-16(23)13-2-4-15(19)5-3-13/h2-5,14H,6-11H2,1H3. The van der Waals surface area contributed by atoms with Crippen molar-refractivity contribution in [2.24, 2.45) is 0 Å².